The van der Waals surface area contributed by atoms with Crippen molar-refractivity contribution in [3.63, 3.8) is 0 Å². The molecule has 1 N–H and O–H groups in total. The normalized spacial score (nSPS) is 11.5. The van der Waals surface area contributed by atoms with Crippen LogP contribution in [0.25, 0.3) is 0 Å². The number of ether oxygens (including phenoxy) is 1. The second-order valence-corrected chi connectivity index (χ2v) is 7.76. The average molecular weight is 368 g/mol. The zero-order valence-corrected chi connectivity index (χ0v) is 15.5. The lowest BCUT2D eigenvalue weighted by atomic mass is 10.1. The molecule has 2 rings (SSSR count). The SMILES string of the molecule is CCCCOc1ccc(S(=O)(=O)NCc2ccc(C)c(Cl)c2)cc1. The summed E-state index contributed by atoms with van der Waals surface area (Å²) < 4.78 is 32.8. The molecule has 0 aliphatic carbocycles. The van der Waals surface area contributed by atoms with Gasteiger partial charge in [0.15, 0.2) is 0 Å². The highest BCUT2D eigenvalue weighted by atomic mass is 35.5. The number of hydrogen-bond acceptors (Lipinski definition) is 3. The third-order valence-electron chi connectivity index (χ3n) is 3.60. The van der Waals surface area contributed by atoms with Crippen molar-refractivity contribution < 1.29 is 13.2 Å². The van der Waals surface area contributed by atoms with E-state index in [9.17, 15) is 8.42 Å². The second-order valence-electron chi connectivity index (χ2n) is 5.58. The molecule has 24 heavy (non-hydrogen) atoms. The van der Waals surface area contributed by atoms with Gasteiger partial charge < -0.3 is 4.74 Å². The Hall–Kier alpha value is -1.56. The zero-order valence-electron chi connectivity index (χ0n) is 13.9. The molecule has 0 amide bonds. The Balaban J connectivity index is 2.00. The van der Waals surface area contributed by atoms with E-state index in [4.69, 9.17) is 16.3 Å². The van der Waals surface area contributed by atoms with Crippen molar-refractivity contribution in [1.82, 2.24) is 4.72 Å². The smallest absolute Gasteiger partial charge is 0.240 e. The van der Waals surface area contributed by atoms with Gasteiger partial charge in [0.05, 0.1) is 11.5 Å². The standard InChI is InChI=1S/C18H22ClNO3S/c1-3-4-11-23-16-7-9-17(10-8-16)24(21,22)20-13-15-6-5-14(2)18(19)12-15/h5-10,12,20H,3-4,11,13H2,1-2H3. The van der Waals surface area contributed by atoms with E-state index in [0.29, 0.717) is 17.4 Å². The Morgan fingerprint density at radius 3 is 2.46 bits per heavy atom. The summed E-state index contributed by atoms with van der Waals surface area (Å²) in [7, 11) is -3.57. The molecule has 0 aliphatic heterocycles. The fourth-order valence-electron chi connectivity index (χ4n) is 2.06. The van der Waals surface area contributed by atoms with Gasteiger partial charge in [0.25, 0.3) is 0 Å². The van der Waals surface area contributed by atoms with Gasteiger partial charge in [-0.2, -0.15) is 0 Å². The first-order chi connectivity index (χ1) is 11.4. The van der Waals surface area contributed by atoms with E-state index in [1.165, 1.54) is 0 Å². The molecule has 0 fully saturated rings. The Bertz CT molecular complexity index is 773. The van der Waals surface area contributed by atoms with Gasteiger partial charge in [-0.1, -0.05) is 37.1 Å². The first-order valence-corrected chi connectivity index (χ1v) is 9.76. The third-order valence-corrected chi connectivity index (χ3v) is 5.43. The van der Waals surface area contributed by atoms with E-state index < -0.39 is 10.0 Å². The summed E-state index contributed by atoms with van der Waals surface area (Å²) in [4.78, 5) is 0.212. The highest BCUT2D eigenvalue weighted by Gasteiger charge is 2.14. The molecule has 0 spiro atoms. The average Bonchev–Trinajstić information content (AvgIpc) is 2.57. The molecule has 0 aliphatic rings. The molecule has 6 heteroatoms. The predicted molar refractivity (Wildman–Crippen MR) is 97.1 cm³/mol. The van der Waals surface area contributed by atoms with Crippen LogP contribution >= 0.6 is 11.6 Å². The molecule has 0 heterocycles. The van der Waals surface area contributed by atoms with E-state index >= 15 is 0 Å². The van der Waals surface area contributed by atoms with Crippen molar-refractivity contribution in [3.05, 3.63) is 58.6 Å². The predicted octanol–water partition coefficient (Wildman–Crippen LogP) is 4.31. The Labute approximate surface area is 148 Å². The molecule has 0 saturated heterocycles. The minimum Gasteiger partial charge on any atom is -0.494 e. The molecule has 0 radical (unpaired) electrons. The van der Waals surface area contributed by atoms with Crippen LogP contribution in [0.5, 0.6) is 5.75 Å². The molecule has 0 unspecified atom stereocenters. The van der Waals surface area contributed by atoms with Crippen molar-refractivity contribution in [2.24, 2.45) is 0 Å². The fraction of sp³-hybridized carbons (Fsp3) is 0.333. The van der Waals surface area contributed by atoms with Crippen LogP contribution in [0, 0.1) is 6.92 Å². The molecule has 0 saturated carbocycles. The molecule has 0 aromatic heterocycles. The molecule has 0 bridgehead atoms. The van der Waals surface area contributed by atoms with Crippen LogP contribution in [0.4, 0.5) is 0 Å². The number of benzene rings is 2. The third kappa shape index (κ3) is 5.23. The van der Waals surface area contributed by atoms with Crippen LogP contribution in [0.1, 0.15) is 30.9 Å². The zero-order chi connectivity index (χ0) is 17.6. The lowest BCUT2D eigenvalue weighted by molar-refractivity contribution is 0.309. The van der Waals surface area contributed by atoms with Crippen LogP contribution in [-0.4, -0.2) is 15.0 Å². The number of halogens is 1. The minimum absolute atomic E-state index is 0.192. The molecular weight excluding hydrogens is 346 g/mol. The van der Waals surface area contributed by atoms with E-state index in [2.05, 4.69) is 11.6 Å². The molecular formula is C18H22ClNO3S. The van der Waals surface area contributed by atoms with Crippen molar-refractivity contribution >= 4 is 21.6 Å². The summed E-state index contributed by atoms with van der Waals surface area (Å²) in [6.07, 6.45) is 2.03. The van der Waals surface area contributed by atoms with E-state index in [1.54, 1.807) is 30.3 Å². The first-order valence-electron chi connectivity index (χ1n) is 7.90. The number of nitrogens with one attached hydrogen (secondary N) is 1. The maximum Gasteiger partial charge on any atom is 0.240 e. The highest BCUT2D eigenvalue weighted by molar-refractivity contribution is 7.89. The van der Waals surface area contributed by atoms with Gasteiger partial charge in [-0.15, -0.1) is 0 Å². The Morgan fingerprint density at radius 2 is 1.83 bits per heavy atom. The topological polar surface area (TPSA) is 55.4 Å². The summed E-state index contributed by atoms with van der Waals surface area (Å²) in [5, 5.41) is 0.625. The van der Waals surface area contributed by atoms with Crippen LogP contribution in [-0.2, 0) is 16.6 Å². The van der Waals surface area contributed by atoms with E-state index in [1.807, 2.05) is 19.1 Å². The molecule has 2 aromatic rings. The fourth-order valence-corrected chi connectivity index (χ4v) is 3.28. The minimum atomic E-state index is -3.57. The van der Waals surface area contributed by atoms with Crippen molar-refractivity contribution in [2.75, 3.05) is 6.61 Å². The van der Waals surface area contributed by atoms with Gasteiger partial charge >= 0.3 is 0 Å². The van der Waals surface area contributed by atoms with Gasteiger partial charge in [0.2, 0.25) is 10.0 Å². The molecule has 130 valence electrons. The molecule has 2 aromatic carbocycles. The maximum atomic E-state index is 12.3. The monoisotopic (exact) mass is 367 g/mol. The van der Waals surface area contributed by atoms with Crippen LogP contribution in [0.2, 0.25) is 5.02 Å². The summed E-state index contributed by atoms with van der Waals surface area (Å²) in [5.41, 5.74) is 1.77. The van der Waals surface area contributed by atoms with Crippen molar-refractivity contribution in [2.45, 2.75) is 38.1 Å². The maximum absolute atomic E-state index is 12.3. The highest BCUT2D eigenvalue weighted by Crippen LogP contribution is 2.19. The second kappa shape index (κ2) is 8.51. The van der Waals surface area contributed by atoms with E-state index in [-0.39, 0.29) is 11.4 Å². The van der Waals surface area contributed by atoms with Crippen LogP contribution in [0.3, 0.4) is 0 Å². The van der Waals surface area contributed by atoms with Crippen LogP contribution in [0.15, 0.2) is 47.4 Å². The van der Waals surface area contributed by atoms with E-state index in [0.717, 1.165) is 24.0 Å². The van der Waals surface area contributed by atoms with Crippen LogP contribution < -0.4 is 9.46 Å². The lowest BCUT2D eigenvalue weighted by Crippen LogP contribution is -2.23. The number of unbranched alkanes of at least 4 members (excludes halogenated alkanes) is 1. The number of sulfonamides is 1. The molecule has 0 atom stereocenters. The van der Waals surface area contributed by atoms with Crippen molar-refractivity contribution in [1.29, 1.82) is 0 Å². The summed E-state index contributed by atoms with van der Waals surface area (Å²) in [6.45, 7) is 4.82. The largest absolute Gasteiger partial charge is 0.494 e. The number of aryl methyl sites for hydroxylation is 1. The van der Waals surface area contributed by atoms with Gasteiger partial charge in [0, 0.05) is 11.6 Å². The molecule has 4 nitrogen and oxygen atoms in total. The Morgan fingerprint density at radius 1 is 1.12 bits per heavy atom. The van der Waals surface area contributed by atoms with Gasteiger partial charge in [-0.05, 0) is 54.8 Å². The number of hydrogen-bond donors (Lipinski definition) is 1. The summed E-state index contributed by atoms with van der Waals surface area (Å²) >= 11 is 6.06. The quantitative estimate of drug-likeness (QED) is 0.707. The van der Waals surface area contributed by atoms with Gasteiger partial charge in [-0.25, -0.2) is 13.1 Å². The van der Waals surface area contributed by atoms with Gasteiger partial charge in [0.1, 0.15) is 5.75 Å². The van der Waals surface area contributed by atoms with Crippen molar-refractivity contribution in [3.8, 4) is 5.75 Å². The lowest BCUT2D eigenvalue weighted by Gasteiger charge is -2.09. The Kier molecular flexibility index (Phi) is 6.66. The van der Waals surface area contributed by atoms with Gasteiger partial charge in [-0.3, -0.25) is 0 Å². The number of rotatable bonds is 8. The summed E-state index contributed by atoms with van der Waals surface area (Å²) in [5.74, 6) is 0.674. The first kappa shape index (κ1) is 18.8. The summed E-state index contributed by atoms with van der Waals surface area (Å²) in [6, 6.07) is 11.9.